The Morgan fingerprint density at radius 1 is 0.833 bits per heavy atom. The van der Waals surface area contributed by atoms with E-state index in [4.69, 9.17) is 14.2 Å². The molecule has 0 amide bonds. The Bertz CT molecular complexity index is 897. The minimum Gasteiger partial charge on any atom is -0.493 e. The fraction of sp³-hybridized carbons (Fsp3) is 0.280. The molecule has 0 unspecified atom stereocenters. The van der Waals surface area contributed by atoms with Crippen LogP contribution in [0.2, 0.25) is 0 Å². The summed E-state index contributed by atoms with van der Waals surface area (Å²) in [5.74, 6) is 2.24. The van der Waals surface area contributed by atoms with Gasteiger partial charge >= 0.3 is 0 Å². The third-order valence-corrected chi connectivity index (χ3v) is 4.89. The topological polar surface area (TPSA) is 60.0 Å². The van der Waals surface area contributed by atoms with Gasteiger partial charge in [-0.3, -0.25) is 0 Å². The van der Waals surface area contributed by atoms with Crippen LogP contribution in [0.15, 0.2) is 72.8 Å². The van der Waals surface area contributed by atoms with E-state index in [0.717, 1.165) is 46.9 Å². The summed E-state index contributed by atoms with van der Waals surface area (Å²) in [6, 6.07) is 23.5. The molecule has 0 aliphatic heterocycles. The molecular formula is C25H29NO4. The Balaban J connectivity index is 1.42. The maximum absolute atomic E-state index is 10.4. The quantitative estimate of drug-likeness (QED) is 0.468. The SMILES string of the molecule is COc1ccc(CCNC[C@H](O)c2ccc(OCc3ccccc3)cc2)cc1OC. The average Bonchev–Trinajstić information content (AvgIpc) is 2.81. The molecule has 0 saturated heterocycles. The summed E-state index contributed by atoms with van der Waals surface area (Å²) in [4.78, 5) is 0. The number of aliphatic hydroxyl groups is 1. The normalized spacial score (nSPS) is 11.7. The van der Waals surface area contributed by atoms with Gasteiger partial charge in [-0.15, -0.1) is 0 Å². The lowest BCUT2D eigenvalue weighted by Crippen LogP contribution is -2.23. The van der Waals surface area contributed by atoms with Crippen LogP contribution in [0.4, 0.5) is 0 Å². The van der Waals surface area contributed by atoms with Crippen LogP contribution in [0.5, 0.6) is 17.2 Å². The molecule has 5 heteroatoms. The van der Waals surface area contributed by atoms with E-state index in [9.17, 15) is 5.11 Å². The molecule has 0 radical (unpaired) electrons. The van der Waals surface area contributed by atoms with E-state index in [-0.39, 0.29) is 0 Å². The molecule has 5 nitrogen and oxygen atoms in total. The molecule has 0 aliphatic carbocycles. The Morgan fingerprint density at radius 2 is 1.57 bits per heavy atom. The Hall–Kier alpha value is -3.02. The molecule has 30 heavy (non-hydrogen) atoms. The first-order valence-corrected chi connectivity index (χ1v) is 10.1. The number of hydrogen-bond donors (Lipinski definition) is 2. The number of hydrogen-bond acceptors (Lipinski definition) is 5. The number of benzene rings is 3. The van der Waals surface area contributed by atoms with E-state index in [1.807, 2.05) is 72.8 Å². The number of aliphatic hydroxyl groups excluding tert-OH is 1. The average molecular weight is 408 g/mol. The molecule has 3 rings (SSSR count). The Morgan fingerprint density at radius 3 is 2.27 bits per heavy atom. The fourth-order valence-corrected chi connectivity index (χ4v) is 3.15. The van der Waals surface area contributed by atoms with Crippen molar-refractivity contribution in [2.24, 2.45) is 0 Å². The highest BCUT2D eigenvalue weighted by Gasteiger charge is 2.08. The molecule has 0 fully saturated rings. The van der Waals surface area contributed by atoms with Gasteiger partial charge in [-0.1, -0.05) is 48.5 Å². The zero-order valence-electron chi connectivity index (χ0n) is 17.5. The lowest BCUT2D eigenvalue weighted by Gasteiger charge is -2.14. The van der Waals surface area contributed by atoms with Gasteiger partial charge in [-0.2, -0.15) is 0 Å². The molecule has 0 spiro atoms. The Labute approximate surface area is 178 Å². The highest BCUT2D eigenvalue weighted by molar-refractivity contribution is 5.43. The lowest BCUT2D eigenvalue weighted by atomic mass is 10.1. The minimum atomic E-state index is -0.571. The first kappa shape index (κ1) is 21.7. The van der Waals surface area contributed by atoms with E-state index in [2.05, 4.69) is 5.32 Å². The number of methoxy groups -OCH3 is 2. The van der Waals surface area contributed by atoms with Crippen LogP contribution in [0, 0.1) is 0 Å². The van der Waals surface area contributed by atoms with Crippen molar-refractivity contribution in [3.8, 4) is 17.2 Å². The van der Waals surface area contributed by atoms with Crippen LogP contribution in [0.3, 0.4) is 0 Å². The second-order valence-corrected chi connectivity index (χ2v) is 7.00. The zero-order chi connectivity index (χ0) is 21.2. The van der Waals surface area contributed by atoms with E-state index < -0.39 is 6.10 Å². The summed E-state index contributed by atoms with van der Waals surface area (Å²) < 4.78 is 16.4. The third-order valence-electron chi connectivity index (χ3n) is 4.89. The van der Waals surface area contributed by atoms with E-state index in [1.54, 1.807) is 14.2 Å². The fourth-order valence-electron chi connectivity index (χ4n) is 3.15. The van der Waals surface area contributed by atoms with Gasteiger partial charge < -0.3 is 24.6 Å². The van der Waals surface area contributed by atoms with Crippen molar-refractivity contribution in [1.29, 1.82) is 0 Å². The second-order valence-electron chi connectivity index (χ2n) is 7.00. The predicted molar refractivity (Wildman–Crippen MR) is 118 cm³/mol. The standard InChI is InChI=1S/C25H29NO4/c1-28-24-13-8-19(16-25(24)29-2)14-15-26-17-23(27)21-9-11-22(12-10-21)30-18-20-6-4-3-5-7-20/h3-13,16,23,26-27H,14-15,17-18H2,1-2H3/t23-/m0/s1. The van der Waals surface area contributed by atoms with Crippen molar-refractivity contribution < 1.29 is 19.3 Å². The third kappa shape index (κ3) is 6.24. The second kappa shape index (κ2) is 11.2. The molecule has 3 aromatic carbocycles. The van der Waals surface area contributed by atoms with E-state index in [1.165, 1.54) is 0 Å². The molecular weight excluding hydrogens is 378 g/mol. The summed E-state index contributed by atoms with van der Waals surface area (Å²) in [5.41, 5.74) is 3.13. The minimum absolute atomic E-state index is 0.484. The molecule has 2 N–H and O–H groups in total. The van der Waals surface area contributed by atoms with Gasteiger partial charge in [-0.05, 0) is 53.9 Å². The summed E-state index contributed by atoms with van der Waals surface area (Å²) in [5, 5.41) is 13.7. The lowest BCUT2D eigenvalue weighted by molar-refractivity contribution is 0.175. The zero-order valence-corrected chi connectivity index (χ0v) is 17.5. The molecule has 0 saturated carbocycles. The maximum atomic E-state index is 10.4. The van der Waals surface area contributed by atoms with Crippen molar-refractivity contribution in [2.75, 3.05) is 27.3 Å². The van der Waals surface area contributed by atoms with Gasteiger partial charge in [0.15, 0.2) is 11.5 Å². The van der Waals surface area contributed by atoms with Crippen molar-refractivity contribution in [2.45, 2.75) is 19.1 Å². The highest BCUT2D eigenvalue weighted by Crippen LogP contribution is 2.27. The Kier molecular flexibility index (Phi) is 8.12. The van der Waals surface area contributed by atoms with Crippen molar-refractivity contribution in [3.63, 3.8) is 0 Å². The first-order chi connectivity index (χ1) is 14.7. The van der Waals surface area contributed by atoms with Gasteiger partial charge in [0.25, 0.3) is 0 Å². The molecule has 1 atom stereocenters. The first-order valence-electron chi connectivity index (χ1n) is 10.1. The van der Waals surface area contributed by atoms with Gasteiger partial charge in [0.2, 0.25) is 0 Å². The monoisotopic (exact) mass is 407 g/mol. The van der Waals surface area contributed by atoms with E-state index >= 15 is 0 Å². The van der Waals surface area contributed by atoms with Gasteiger partial charge in [0.05, 0.1) is 20.3 Å². The van der Waals surface area contributed by atoms with Gasteiger partial charge in [0.1, 0.15) is 12.4 Å². The molecule has 0 bridgehead atoms. The highest BCUT2D eigenvalue weighted by atomic mass is 16.5. The molecule has 3 aromatic rings. The van der Waals surface area contributed by atoms with Crippen LogP contribution in [-0.4, -0.2) is 32.4 Å². The van der Waals surface area contributed by atoms with Crippen molar-refractivity contribution in [1.82, 2.24) is 5.32 Å². The van der Waals surface area contributed by atoms with Gasteiger partial charge in [0, 0.05) is 6.54 Å². The van der Waals surface area contributed by atoms with Crippen molar-refractivity contribution in [3.05, 3.63) is 89.5 Å². The summed E-state index contributed by atoms with van der Waals surface area (Å²) >= 11 is 0. The molecule has 0 aromatic heterocycles. The van der Waals surface area contributed by atoms with Gasteiger partial charge in [-0.25, -0.2) is 0 Å². The van der Waals surface area contributed by atoms with E-state index in [0.29, 0.717) is 13.2 Å². The molecule has 158 valence electrons. The molecule has 0 aliphatic rings. The smallest absolute Gasteiger partial charge is 0.160 e. The summed E-state index contributed by atoms with van der Waals surface area (Å²) in [6.45, 7) is 1.77. The predicted octanol–water partition coefficient (Wildman–Crippen LogP) is 4.15. The summed E-state index contributed by atoms with van der Waals surface area (Å²) in [7, 11) is 3.26. The van der Waals surface area contributed by atoms with Crippen molar-refractivity contribution >= 4 is 0 Å². The van der Waals surface area contributed by atoms with Crippen LogP contribution in [-0.2, 0) is 13.0 Å². The van der Waals surface area contributed by atoms with Crippen LogP contribution >= 0.6 is 0 Å². The van der Waals surface area contributed by atoms with Crippen LogP contribution < -0.4 is 19.5 Å². The van der Waals surface area contributed by atoms with Crippen LogP contribution in [0.25, 0.3) is 0 Å². The number of ether oxygens (including phenoxy) is 3. The number of rotatable bonds is 11. The largest absolute Gasteiger partial charge is 0.493 e. The van der Waals surface area contributed by atoms with Crippen LogP contribution in [0.1, 0.15) is 22.8 Å². The number of nitrogens with one attached hydrogen (secondary N) is 1. The summed E-state index contributed by atoms with van der Waals surface area (Å²) in [6.07, 6.45) is 0.262. The maximum Gasteiger partial charge on any atom is 0.160 e. The molecule has 0 heterocycles.